The van der Waals surface area contributed by atoms with E-state index in [0.717, 1.165) is 6.04 Å². The normalized spacial score (nSPS) is 13.4. The van der Waals surface area contributed by atoms with Gasteiger partial charge in [-0.25, -0.2) is 14.4 Å². The monoisotopic (exact) mass is 418 g/mol. The van der Waals surface area contributed by atoms with Crippen molar-refractivity contribution in [2.45, 2.75) is 64.5 Å². The average Bonchev–Trinajstić information content (AvgIpc) is 2.53. The number of carboxylic acid groups (broad SMARTS) is 1. The van der Waals surface area contributed by atoms with Gasteiger partial charge in [0, 0.05) is 14.6 Å². The topological polar surface area (TPSA) is 160 Å². The standard InChI is InChI=1S/C17H34N4O6Si/c1-11(2)13(21-17(26)27-9-10-28(3,4)5)14(22)20-12(15(23)24)7-6-8-19-16(18)25/h11-13H,6-10H2,1-5H3,(H,20,22)(H,21,26)(H,23,24)(H3,18,19,25)/t12-,13-/m0/s1. The molecule has 0 spiro atoms. The van der Waals surface area contributed by atoms with E-state index in [1.807, 2.05) is 0 Å². The van der Waals surface area contributed by atoms with E-state index in [2.05, 4.69) is 35.6 Å². The van der Waals surface area contributed by atoms with Crippen LogP contribution in [-0.4, -0.2) is 62.4 Å². The van der Waals surface area contributed by atoms with Crippen LogP contribution < -0.4 is 21.7 Å². The first-order valence-corrected chi connectivity index (χ1v) is 13.0. The molecule has 0 radical (unpaired) electrons. The van der Waals surface area contributed by atoms with Crippen LogP contribution in [0.2, 0.25) is 25.7 Å². The number of alkyl carbamates (subject to hydrolysis) is 1. The van der Waals surface area contributed by atoms with Crippen molar-refractivity contribution in [1.29, 1.82) is 0 Å². The summed E-state index contributed by atoms with van der Waals surface area (Å²) in [5.41, 5.74) is 4.94. The number of hydrogen-bond acceptors (Lipinski definition) is 5. The fourth-order valence-electron chi connectivity index (χ4n) is 2.19. The highest BCUT2D eigenvalue weighted by Gasteiger charge is 2.29. The van der Waals surface area contributed by atoms with E-state index in [4.69, 9.17) is 10.5 Å². The molecular formula is C17H34N4O6Si. The van der Waals surface area contributed by atoms with Gasteiger partial charge in [0.2, 0.25) is 5.91 Å². The van der Waals surface area contributed by atoms with E-state index in [1.54, 1.807) is 13.8 Å². The van der Waals surface area contributed by atoms with Crippen molar-refractivity contribution < 1.29 is 29.0 Å². The molecular weight excluding hydrogens is 384 g/mol. The smallest absolute Gasteiger partial charge is 0.407 e. The van der Waals surface area contributed by atoms with Gasteiger partial charge in [-0.15, -0.1) is 0 Å². The lowest BCUT2D eigenvalue weighted by Crippen LogP contribution is -2.54. The third-order valence-electron chi connectivity index (χ3n) is 3.89. The van der Waals surface area contributed by atoms with E-state index in [1.165, 1.54) is 0 Å². The maximum atomic E-state index is 12.5. The summed E-state index contributed by atoms with van der Waals surface area (Å²) in [7, 11) is -1.35. The zero-order chi connectivity index (χ0) is 21.9. The number of aliphatic carboxylic acids is 1. The molecule has 28 heavy (non-hydrogen) atoms. The number of carbonyl (C=O) groups is 4. The predicted molar refractivity (Wildman–Crippen MR) is 108 cm³/mol. The number of amides is 4. The lowest BCUT2D eigenvalue weighted by molar-refractivity contribution is -0.142. The number of rotatable bonds is 12. The van der Waals surface area contributed by atoms with Crippen molar-refractivity contribution in [2.75, 3.05) is 13.2 Å². The van der Waals surface area contributed by atoms with Crippen molar-refractivity contribution in [3.05, 3.63) is 0 Å². The minimum Gasteiger partial charge on any atom is -0.480 e. The summed E-state index contributed by atoms with van der Waals surface area (Å²) in [6, 6.07) is -1.97. The van der Waals surface area contributed by atoms with Gasteiger partial charge in [-0.2, -0.15) is 0 Å². The number of nitrogens with one attached hydrogen (secondary N) is 3. The largest absolute Gasteiger partial charge is 0.480 e. The second-order valence-corrected chi connectivity index (χ2v) is 13.8. The van der Waals surface area contributed by atoms with Gasteiger partial charge < -0.3 is 31.5 Å². The van der Waals surface area contributed by atoms with E-state index in [9.17, 15) is 24.3 Å². The molecule has 0 aromatic carbocycles. The average molecular weight is 419 g/mol. The molecule has 0 aromatic heterocycles. The predicted octanol–water partition coefficient (Wildman–Crippen LogP) is 1.09. The van der Waals surface area contributed by atoms with Gasteiger partial charge in [0.25, 0.3) is 0 Å². The first kappa shape index (κ1) is 25.7. The summed E-state index contributed by atoms with van der Waals surface area (Å²) >= 11 is 0. The molecule has 4 amide bonds. The maximum absolute atomic E-state index is 12.5. The summed E-state index contributed by atoms with van der Waals surface area (Å²) in [5, 5.41) is 16.6. The highest BCUT2D eigenvalue weighted by molar-refractivity contribution is 6.76. The van der Waals surface area contributed by atoms with Crippen molar-refractivity contribution in [1.82, 2.24) is 16.0 Å². The van der Waals surface area contributed by atoms with Crippen LogP contribution in [0.4, 0.5) is 9.59 Å². The Morgan fingerprint density at radius 1 is 1.11 bits per heavy atom. The Bertz CT molecular complexity index is 550. The van der Waals surface area contributed by atoms with Crippen molar-refractivity contribution in [3.63, 3.8) is 0 Å². The van der Waals surface area contributed by atoms with Gasteiger partial charge in [-0.1, -0.05) is 33.5 Å². The molecule has 0 aromatic rings. The molecule has 0 bridgehead atoms. The molecule has 11 heteroatoms. The third-order valence-corrected chi connectivity index (χ3v) is 5.60. The zero-order valence-corrected chi connectivity index (χ0v) is 18.3. The van der Waals surface area contributed by atoms with Crippen LogP contribution in [-0.2, 0) is 14.3 Å². The fraction of sp³-hybridized carbons (Fsp3) is 0.765. The van der Waals surface area contributed by atoms with Gasteiger partial charge >= 0.3 is 18.1 Å². The summed E-state index contributed by atoms with van der Waals surface area (Å²) in [6.07, 6.45) is -0.282. The number of carboxylic acids is 1. The Labute approximate surface area is 167 Å². The van der Waals surface area contributed by atoms with E-state index in [0.29, 0.717) is 6.42 Å². The van der Waals surface area contributed by atoms with Gasteiger partial charge in [-0.05, 0) is 24.8 Å². The van der Waals surface area contributed by atoms with Crippen molar-refractivity contribution in [2.24, 2.45) is 11.7 Å². The minimum atomic E-state index is -1.35. The van der Waals surface area contributed by atoms with Crippen LogP contribution in [0.15, 0.2) is 0 Å². The molecule has 0 saturated heterocycles. The Morgan fingerprint density at radius 2 is 1.71 bits per heavy atom. The third kappa shape index (κ3) is 12.2. The molecule has 0 unspecified atom stereocenters. The first-order valence-electron chi connectivity index (χ1n) is 9.33. The van der Waals surface area contributed by atoms with Crippen LogP contribution in [0, 0.1) is 5.92 Å². The number of urea groups is 1. The Hall–Kier alpha value is -2.30. The number of hydrogen-bond donors (Lipinski definition) is 5. The molecule has 0 fully saturated rings. The van der Waals surface area contributed by atoms with Crippen molar-refractivity contribution >= 4 is 32.1 Å². The first-order chi connectivity index (χ1) is 12.8. The molecule has 2 atom stereocenters. The summed E-state index contributed by atoms with van der Waals surface area (Å²) in [6.45, 7) is 10.4. The van der Waals surface area contributed by atoms with Gasteiger partial charge in [0.15, 0.2) is 0 Å². The second-order valence-electron chi connectivity index (χ2n) is 8.15. The lowest BCUT2D eigenvalue weighted by atomic mass is 10.0. The molecule has 6 N–H and O–H groups in total. The van der Waals surface area contributed by atoms with Crippen LogP contribution >= 0.6 is 0 Å². The van der Waals surface area contributed by atoms with Gasteiger partial charge in [-0.3, -0.25) is 4.79 Å². The van der Waals surface area contributed by atoms with E-state index < -0.39 is 44.2 Å². The minimum absolute atomic E-state index is 0.104. The second kappa shape index (κ2) is 12.2. The van der Waals surface area contributed by atoms with Crippen molar-refractivity contribution in [3.8, 4) is 0 Å². The highest BCUT2D eigenvalue weighted by atomic mass is 28.3. The molecule has 162 valence electrons. The highest BCUT2D eigenvalue weighted by Crippen LogP contribution is 2.09. The summed E-state index contributed by atoms with van der Waals surface area (Å²) in [5.74, 6) is -2.07. The van der Waals surface area contributed by atoms with E-state index in [-0.39, 0.29) is 25.5 Å². The Balaban J connectivity index is 4.69. The van der Waals surface area contributed by atoms with Gasteiger partial charge in [0.1, 0.15) is 12.1 Å². The fourth-order valence-corrected chi connectivity index (χ4v) is 2.90. The van der Waals surface area contributed by atoms with E-state index >= 15 is 0 Å². The lowest BCUT2D eigenvalue weighted by Gasteiger charge is -2.24. The van der Waals surface area contributed by atoms with Crippen LogP contribution in [0.3, 0.4) is 0 Å². The number of nitrogens with two attached hydrogens (primary N) is 1. The Kier molecular flexibility index (Phi) is 11.2. The van der Waals surface area contributed by atoms with Crippen LogP contribution in [0.5, 0.6) is 0 Å². The molecule has 0 saturated carbocycles. The van der Waals surface area contributed by atoms with Gasteiger partial charge in [0.05, 0.1) is 6.61 Å². The molecule has 0 heterocycles. The zero-order valence-electron chi connectivity index (χ0n) is 17.3. The Morgan fingerprint density at radius 3 is 2.18 bits per heavy atom. The van der Waals surface area contributed by atoms with Crippen LogP contribution in [0.25, 0.3) is 0 Å². The molecule has 10 nitrogen and oxygen atoms in total. The SMILES string of the molecule is CC(C)[C@H](NC(=O)OCC[Si](C)(C)C)C(=O)N[C@@H](CCCNC(N)=O)C(=O)O. The summed E-state index contributed by atoms with van der Waals surface area (Å²) in [4.78, 5) is 46.5. The quantitative estimate of drug-likeness (QED) is 0.235. The number of primary amides is 1. The number of ether oxygens (including phenoxy) is 1. The van der Waals surface area contributed by atoms with Crippen LogP contribution in [0.1, 0.15) is 26.7 Å². The number of carbonyl (C=O) groups excluding carboxylic acids is 3. The maximum Gasteiger partial charge on any atom is 0.407 e. The summed E-state index contributed by atoms with van der Waals surface area (Å²) < 4.78 is 5.14. The molecule has 0 aliphatic carbocycles. The molecule has 0 rings (SSSR count). The molecule has 0 aliphatic rings. The molecule has 0 aliphatic heterocycles.